The molecule has 0 fully saturated rings. The number of hydroxylamine groups is 1. The summed E-state index contributed by atoms with van der Waals surface area (Å²) in [6, 6.07) is 9.98. The fourth-order valence-corrected chi connectivity index (χ4v) is 2.02. The molecule has 1 aromatic heterocycles. The Hall–Kier alpha value is -1.59. The topological polar surface area (TPSA) is 39.1 Å². The Balaban J connectivity index is 1.89. The molecule has 2 aromatic rings. The zero-order valence-electron chi connectivity index (χ0n) is 8.88. The molecule has 1 aliphatic rings. The molecular formula is C12H10BrN3O. The van der Waals surface area contributed by atoms with Gasteiger partial charge in [0.25, 0.3) is 0 Å². The van der Waals surface area contributed by atoms with E-state index in [1.807, 2.05) is 47.3 Å². The molecule has 2 heterocycles. The van der Waals surface area contributed by atoms with E-state index in [1.165, 1.54) is 0 Å². The molecule has 5 heteroatoms. The Bertz CT molecular complexity index is 550. The molecule has 0 saturated carbocycles. The summed E-state index contributed by atoms with van der Waals surface area (Å²) >= 11 is 3.33. The summed E-state index contributed by atoms with van der Waals surface area (Å²) in [5.41, 5.74) is 4.80. The Morgan fingerprint density at radius 1 is 1.29 bits per heavy atom. The molecule has 0 bridgehead atoms. The van der Waals surface area contributed by atoms with Gasteiger partial charge in [-0.3, -0.25) is 10.3 Å². The van der Waals surface area contributed by atoms with Gasteiger partial charge in [-0.05, 0) is 34.1 Å². The third kappa shape index (κ3) is 2.11. The molecular weight excluding hydrogens is 282 g/mol. The van der Waals surface area contributed by atoms with Crippen molar-refractivity contribution in [3.05, 3.63) is 59.0 Å². The van der Waals surface area contributed by atoms with Crippen LogP contribution in [0, 0.1) is 0 Å². The van der Waals surface area contributed by atoms with E-state index >= 15 is 0 Å². The van der Waals surface area contributed by atoms with Crippen molar-refractivity contribution in [3.63, 3.8) is 0 Å². The molecule has 3 rings (SSSR count). The van der Waals surface area contributed by atoms with Gasteiger partial charge in [0.1, 0.15) is 10.7 Å². The summed E-state index contributed by atoms with van der Waals surface area (Å²) in [4.78, 5) is 5.36. The molecule has 1 N–H and O–H groups in total. The third-order valence-electron chi connectivity index (χ3n) is 2.53. The molecule has 0 unspecified atom stereocenters. The van der Waals surface area contributed by atoms with Crippen LogP contribution in [-0.4, -0.2) is 9.78 Å². The summed E-state index contributed by atoms with van der Waals surface area (Å²) < 4.78 is 2.67. The van der Waals surface area contributed by atoms with Crippen LogP contribution in [0.2, 0.25) is 0 Å². The fraction of sp³-hybridized carbons (Fsp3) is 0.0833. The molecule has 1 atom stereocenters. The second-order valence-corrected chi connectivity index (χ2v) is 4.56. The normalized spacial score (nSPS) is 18.9. The zero-order chi connectivity index (χ0) is 11.7. The second kappa shape index (κ2) is 4.35. The molecule has 17 heavy (non-hydrogen) atoms. The van der Waals surface area contributed by atoms with E-state index in [0.717, 1.165) is 15.9 Å². The maximum atomic E-state index is 5.36. The van der Waals surface area contributed by atoms with Gasteiger partial charge >= 0.3 is 0 Å². The van der Waals surface area contributed by atoms with Crippen LogP contribution in [-0.2, 0) is 4.84 Å². The lowest BCUT2D eigenvalue weighted by atomic mass is 10.2. The maximum absolute atomic E-state index is 5.36. The predicted molar refractivity (Wildman–Crippen MR) is 67.5 cm³/mol. The quantitative estimate of drug-likeness (QED) is 0.865. The van der Waals surface area contributed by atoms with Crippen LogP contribution in [0.25, 0.3) is 5.69 Å². The molecule has 1 aliphatic heterocycles. The number of nitrogens with zero attached hydrogens (tertiary/aromatic N) is 2. The average Bonchev–Trinajstić information content (AvgIpc) is 2.98. The number of benzene rings is 1. The summed E-state index contributed by atoms with van der Waals surface area (Å²) in [7, 11) is 0. The highest BCUT2D eigenvalue weighted by Gasteiger charge is 2.18. The lowest BCUT2D eigenvalue weighted by Crippen LogP contribution is -2.04. The van der Waals surface area contributed by atoms with E-state index < -0.39 is 0 Å². The van der Waals surface area contributed by atoms with Crippen LogP contribution in [0.4, 0.5) is 0 Å². The first-order chi connectivity index (χ1) is 8.33. The molecule has 0 radical (unpaired) electrons. The standard InChI is InChI=1S/C12H10BrN3O/c13-12-6-11(17-15-12)9-7-14-16(8-9)10-4-2-1-3-5-10/h1-8,11,15H/t11-/m0/s1. The summed E-state index contributed by atoms with van der Waals surface area (Å²) in [5, 5.41) is 4.32. The van der Waals surface area contributed by atoms with Gasteiger partial charge < -0.3 is 0 Å². The molecule has 0 saturated heterocycles. The van der Waals surface area contributed by atoms with Crippen molar-refractivity contribution >= 4 is 15.9 Å². The van der Waals surface area contributed by atoms with Gasteiger partial charge in [0.15, 0.2) is 0 Å². The van der Waals surface area contributed by atoms with Gasteiger partial charge in [-0.25, -0.2) is 4.68 Å². The van der Waals surface area contributed by atoms with Crippen molar-refractivity contribution < 1.29 is 4.84 Å². The predicted octanol–water partition coefficient (Wildman–Crippen LogP) is 2.68. The van der Waals surface area contributed by atoms with E-state index in [1.54, 1.807) is 6.20 Å². The minimum Gasteiger partial charge on any atom is -0.263 e. The van der Waals surface area contributed by atoms with Crippen LogP contribution < -0.4 is 5.48 Å². The molecule has 0 amide bonds. The SMILES string of the molecule is BrC1=C[C@@H](c2cnn(-c3ccccc3)c2)ON1. The number of hydrogen-bond donors (Lipinski definition) is 1. The number of hydrogen-bond acceptors (Lipinski definition) is 3. The van der Waals surface area contributed by atoms with E-state index in [2.05, 4.69) is 26.5 Å². The van der Waals surface area contributed by atoms with Crippen molar-refractivity contribution in [2.75, 3.05) is 0 Å². The molecule has 4 nitrogen and oxygen atoms in total. The van der Waals surface area contributed by atoms with Gasteiger partial charge in [-0.2, -0.15) is 5.10 Å². The highest BCUT2D eigenvalue weighted by atomic mass is 79.9. The van der Waals surface area contributed by atoms with Gasteiger partial charge in [-0.1, -0.05) is 18.2 Å². The van der Waals surface area contributed by atoms with Gasteiger partial charge in [0, 0.05) is 11.8 Å². The van der Waals surface area contributed by atoms with E-state index in [0.29, 0.717) is 0 Å². The van der Waals surface area contributed by atoms with Crippen molar-refractivity contribution in [1.82, 2.24) is 15.3 Å². The van der Waals surface area contributed by atoms with E-state index in [9.17, 15) is 0 Å². The maximum Gasteiger partial charge on any atom is 0.134 e. The first kappa shape index (κ1) is 10.6. The van der Waals surface area contributed by atoms with Crippen LogP contribution in [0.5, 0.6) is 0 Å². The van der Waals surface area contributed by atoms with Crippen LogP contribution >= 0.6 is 15.9 Å². The summed E-state index contributed by atoms with van der Waals surface area (Å²) in [6.45, 7) is 0. The number of aromatic nitrogens is 2. The van der Waals surface area contributed by atoms with Crippen LogP contribution in [0.15, 0.2) is 53.4 Å². The number of rotatable bonds is 2. The summed E-state index contributed by atoms with van der Waals surface area (Å²) in [6.07, 6.45) is 5.62. The van der Waals surface area contributed by atoms with Gasteiger partial charge in [0.05, 0.1) is 11.9 Å². The lowest BCUT2D eigenvalue weighted by Gasteiger charge is -2.03. The van der Waals surface area contributed by atoms with Crippen molar-refractivity contribution in [1.29, 1.82) is 0 Å². The number of para-hydroxylation sites is 1. The summed E-state index contributed by atoms with van der Waals surface area (Å²) in [5.74, 6) is 0. The van der Waals surface area contributed by atoms with Gasteiger partial charge in [-0.15, -0.1) is 0 Å². The zero-order valence-corrected chi connectivity index (χ0v) is 10.5. The van der Waals surface area contributed by atoms with Crippen LogP contribution in [0.3, 0.4) is 0 Å². The largest absolute Gasteiger partial charge is 0.263 e. The third-order valence-corrected chi connectivity index (χ3v) is 2.96. The highest BCUT2D eigenvalue weighted by Crippen LogP contribution is 2.26. The fourth-order valence-electron chi connectivity index (χ4n) is 1.69. The van der Waals surface area contributed by atoms with Crippen LogP contribution in [0.1, 0.15) is 11.7 Å². The molecule has 1 aromatic carbocycles. The first-order valence-electron chi connectivity index (χ1n) is 5.22. The van der Waals surface area contributed by atoms with E-state index in [-0.39, 0.29) is 6.10 Å². The Kier molecular flexibility index (Phi) is 2.70. The number of nitrogens with one attached hydrogen (secondary N) is 1. The smallest absolute Gasteiger partial charge is 0.134 e. The molecule has 0 spiro atoms. The van der Waals surface area contributed by atoms with E-state index in [4.69, 9.17) is 4.84 Å². The lowest BCUT2D eigenvalue weighted by molar-refractivity contribution is 0.0458. The molecule has 86 valence electrons. The van der Waals surface area contributed by atoms with Crippen molar-refractivity contribution in [2.24, 2.45) is 0 Å². The van der Waals surface area contributed by atoms with Crippen molar-refractivity contribution in [3.8, 4) is 5.69 Å². The van der Waals surface area contributed by atoms with Gasteiger partial charge in [0.2, 0.25) is 0 Å². The monoisotopic (exact) mass is 291 g/mol. The first-order valence-corrected chi connectivity index (χ1v) is 6.01. The Labute approximate surface area is 107 Å². The Morgan fingerprint density at radius 2 is 2.12 bits per heavy atom. The second-order valence-electron chi connectivity index (χ2n) is 3.71. The number of halogens is 1. The molecule has 0 aliphatic carbocycles. The Morgan fingerprint density at radius 3 is 2.82 bits per heavy atom. The minimum absolute atomic E-state index is 0.0955. The van der Waals surface area contributed by atoms with Crippen molar-refractivity contribution in [2.45, 2.75) is 6.10 Å². The average molecular weight is 292 g/mol. The highest BCUT2D eigenvalue weighted by molar-refractivity contribution is 9.11. The minimum atomic E-state index is -0.0955.